The fourth-order valence-electron chi connectivity index (χ4n) is 3.88. The number of nitrogens with zero attached hydrogens (tertiary/aromatic N) is 1. The monoisotopic (exact) mass is 282 g/mol. The van der Waals surface area contributed by atoms with Crippen molar-refractivity contribution < 1.29 is 4.74 Å². The molecule has 0 amide bonds. The van der Waals surface area contributed by atoms with Gasteiger partial charge in [0.2, 0.25) is 0 Å². The van der Waals surface area contributed by atoms with Crippen molar-refractivity contribution in [1.82, 2.24) is 10.2 Å². The molecule has 2 rings (SSSR count). The highest BCUT2D eigenvalue weighted by atomic mass is 16.5. The number of piperazine rings is 1. The predicted molar refractivity (Wildman–Crippen MR) is 85.2 cm³/mol. The summed E-state index contributed by atoms with van der Waals surface area (Å²) in [6, 6.07) is 1.34. The molecule has 1 N–H and O–H groups in total. The summed E-state index contributed by atoms with van der Waals surface area (Å²) in [6.45, 7) is 14.8. The number of nitrogens with one attached hydrogen (secondary N) is 1. The molecular weight excluding hydrogens is 248 g/mol. The molecule has 3 atom stereocenters. The summed E-state index contributed by atoms with van der Waals surface area (Å²) in [5, 5.41) is 3.74. The van der Waals surface area contributed by atoms with Crippen LogP contribution >= 0.6 is 0 Å². The van der Waals surface area contributed by atoms with Crippen LogP contribution in [0.25, 0.3) is 0 Å². The normalized spacial score (nSPS) is 38.9. The quantitative estimate of drug-likeness (QED) is 0.857. The van der Waals surface area contributed by atoms with E-state index in [4.69, 9.17) is 4.74 Å². The molecule has 0 saturated carbocycles. The van der Waals surface area contributed by atoms with Crippen LogP contribution in [0.4, 0.5) is 0 Å². The molecule has 3 heteroatoms. The van der Waals surface area contributed by atoms with Crippen LogP contribution in [-0.4, -0.2) is 47.8 Å². The maximum Gasteiger partial charge on any atom is 0.0692 e. The third-order valence-corrected chi connectivity index (χ3v) is 5.93. The summed E-state index contributed by atoms with van der Waals surface area (Å²) in [6.07, 6.45) is 5.90. The number of ether oxygens (including phenoxy) is 1. The lowest BCUT2D eigenvalue weighted by atomic mass is 9.83. The van der Waals surface area contributed by atoms with Gasteiger partial charge in [0, 0.05) is 37.3 Å². The minimum Gasteiger partial charge on any atom is -0.375 e. The van der Waals surface area contributed by atoms with Gasteiger partial charge in [-0.1, -0.05) is 20.8 Å². The van der Waals surface area contributed by atoms with Gasteiger partial charge in [0.15, 0.2) is 0 Å². The Morgan fingerprint density at radius 2 is 1.90 bits per heavy atom. The molecule has 0 bridgehead atoms. The van der Waals surface area contributed by atoms with Crippen LogP contribution in [0.1, 0.15) is 66.7 Å². The van der Waals surface area contributed by atoms with Crippen LogP contribution in [0.2, 0.25) is 0 Å². The molecule has 2 heterocycles. The van der Waals surface area contributed by atoms with Gasteiger partial charge < -0.3 is 10.1 Å². The van der Waals surface area contributed by atoms with Crippen LogP contribution in [0.5, 0.6) is 0 Å². The molecule has 0 aliphatic carbocycles. The summed E-state index contributed by atoms with van der Waals surface area (Å²) in [4.78, 5) is 2.77. The second-order valence-corrected chi connectivity index (χ2v) is 7.20. The molecule has 0 aromatic heterocycles. The maximum atomic E-state index is 6.16. The minimum absolute atomic E-state index is 0.135. The SMILES string of the molecule is CCC1(C)CN(C2CCOC(CC)(CC)C2)C(C)CN1. The second-order valence-electron chi connectivity index (χ2n) is 7.20. The molecule has 20 heavy (non-hydrogen) atoms. The zero-order valence-electron chi connectivity index (χ0n) is 14.2. The molecular formula is C17H34N2O. The number of rotatable bonds is 4. The van der Waals surface area contributed by atoms with E-state index in [-0.39, 0.29) is 11.1 Å². The zero-order valence-corrected chi connectivity index (χ0v) is 14.2. The molecule has 0 spiro atoms. The van der Waals surface area contributed by atoms with E-state index in [1.165, 1.54) is 25.8 Å². The fraction of sp³-hybridized carbons (Fsp3) is 1.00. The third-order valence-electron chi connectivity index (χ3n) is 5.93. The molecule has 0 aromatic carbocycles. The van der Waals surface area contributed by atoms with E-state index in [1.807, 2.05) is 0 Å². The van der Waals surface area contributed by atoms with E-state index in [0.717, 1.165) is 26.0 Å². The largest absolute Gasteiger partial charge is 0.375 e. The molecule has 2 aliphatic heterocycles. The number of hydrogen-bond donors (Lipinski definition) is 1. The first kappa shape index (κ1) is 16.3. The topological polar surface area (TPSA) is 24.5 Å². The Kier molecular flexibility index (Phi) is 5.14. The molecule has 2 fully saturated rings. The van der Waals surface area contributed by atoms with E-state index in [9.17, 15) is 0 Å². The first-order valence-corrected chi connectivity index (χ1v) is 8.62. The highest BCUT2D eigenvalue weighted by molar-refractivity contribution is 4.98. The number of hydrogen-bond acceptors (Lipinski definition) is 3. The van der Waals surface area contributed by atoms with Crippen LogP contribution in [0.15, 0.2) is 0 Å². The average molecular weight is 282 g/mol. The summed E-state index contributed by atoms with van der Waals surface area (Å²) < 4.78 is 6.16. The molecule has 118 valence electrons. The van der Waals surface area contributed by atoms with Crippen molar-refractivity contribution >= 4 is 0 Å². The molecule has 2 saturated heterocycles. The highest BCUT2D eigenvalue weighted by Crippen LogP contribution is 2.35. The van der Waals surface area contributed by atoms with Gasteiger partial charge in [-0.25, -0.2) is 0 Å². The summed E-state index contributed by atoms with van der Waals surface area (Å²) >= 11 is 0. The van der Waals surface area contributed by atoms with Crippen LogP contribution in [0, 0.1) is 0 Å². The van der Waals surface area contributed by atoms with E-state index >= 15 is 0 Å². The van der Waals surface area contributed by atoms with Crippen molar-refractivity contribution in [2.24, 2.45) is 0 Å². The van der Waals surface area contributed by atoms with E-state index in [0.29, 0.717) is 12.1 Å². The lowest BCUT2D eigenvalue weighted by molar-refractivity contribution is -0.120. The predicted octanol–water partition coefficient (Wildman–Crippen LogP) is 3.19. The van der Waals surface area contributed by atoms with Crippen molar-refractivity contribution in [3.8, 4) is 0 Å². The van der Waals surface area contributed by atoms with Gasteiger partial charge in [-0.15, -0.1) is 0 Å². The average Bonchev–Trinajstić information content (AvgIpc) is 2.50. The Hall–Kier alpha value is -0.120. The molecule has 2 aliphatic rings. The molecule has 3 nitrogen and oxygen atoms in total. The van der Waals surface area contributed by atoms with Crippen molar-refractivity contribution in [3.63, 3.8) is 0 Å². The Morgan fingerprint density at radius 1 is 1.20 bits per heavy atom. The Morgan fingerprint density at radius 3 is 2.50 bits per heavy atom. The van der Waals surface area contributed by atoms with E-state index in [2.05, 4.69) is 44.8 Å². The fourth-order valence-corrected chi connectivity index (χ4v) is 3.88. The van der Waals surface area contributed by atoms with Gasteiger partial charge in [-0.3, -0.25) is 4.90 Å². The second kappa shape index (κ2) is 6.33. The van der Waals surface area contributed by atoms with E-state index in [1.54, 1.807) is 0 Å². The van der Waals surface area contributed by atoms with E-state index < -0.39 is 0 Å². The van der Waals surface area contributed by atoms with Gasteiger partial charge in [-0.05, 0) is 46.0 Å². The maximum absolute atomic E-state index is 6.16. The standard InChI is InChI=1S/C17H34N2O/c1-6-16(5)13-19(14(4)12-18-16)15-9-10-20-17(7-2,8-3)11-15/h14-15,18H,6-13H2,1-5H3. The Bertz CT molecular complexity index is 316. The van der Waals surface area contributed by atoms with Gasteiger partial charge in [0.05, 0.1) is 5.60 Å². The van der Waals surface area contributed by atoms with Crippen LogP contribution in [0.3, 0.4) is 0 Å². The van der Waals surface area contributed by atoms with Crippen molar-refractivity contribution in [2.45, 2.75) is 89.9 Å². The minimum atomic E-state index is 0.135. The van der Waals surface area contributed by atoms with Crippen molar-refractivity contribution in [1.29, 1.82) is 0 Å². The van der Waals surface area contributed by atoms with Crippen LogP contribution in [-0.2, 0) is 4.74 Å². The third kappa shape index (κ3) is 3.20. The molecule has 0 aromatic rings. The first-order valence-electron chi connectivity index (χ1n) is 8.62. The summed E-state index contributed by atoms with van der Waals surface area (Å²) in [5.74, 6) is 0. The molecule has 3 unspecified atom stereocenters. The lowest BCUT2D eigenvalue weighted by Gasteiger charge is -2.52. The van der Waals surface area contributed by atoms with Gasteiger partial charge in [0.25, 0.3) is 0 Å². The lowest BCUT2D eigenvalue weighted by Crippen LogP contribution is -2.65. The van der Waals surface area contributed by atoms with Crippen molar-refractivity contribution in [2.75, 3.05) is 19.7 Å². The Labute approximate surface area is 125 Å². The first-order chi connectivity index (χ1) is 9.47. The Balaban J connectivity index is 2.08. The van der Waals surface area contributed by atoms with Gasteiger partial charge in [0.1, 0.15) is 0 Å². The summed E-state index contributed by atoms with van der Waals surface area (Å²) in [7, 11) is 0. The highest BCUT2D eigenvalue weighted by Gasteiger charge is 2.41. The summed E-state index contributed by atoms with van der Waals surface area (Å²) in [5.41, 5.74) is 0.419. The zero-order chi connectivity index (χ0) is 14.8. The molecule has 0 radical (unpaired) electrons. The van der Waals surface area contributed by atoms with Gasteiger partial charge in [-0.2, -0.15) is 0 Å². The van der Waals surface area contributed by atoms with Gasteiger partial charge >= 0.3 is 0 Å². The smallest absolute Gasteiger partial charge is 0.0692 e. The van der Waals surface area contributed by atoms with Crippen LogP contribution < -0.4 is 5.32 Å². The van der Waals surface area contributed by atoms with Crippen molar-refractivity contribution in [3.05, 3.63) is 0 Å².